The Morgan fingerprint density at radius 1 is 1.43 bits per heavy atom. The monoisotopic (exact) mass is 285 g/mol. The quantitative estimate of drug-likeness (QED) is 0.855. The smallest absolute Gasteiger partial charge is 0.272 e. The maximum Gasteiger partial charge on any atom is 0.272 e. The van der Waals surface area contributed by atoms with Gasteiger partial charge in [-0.2, -0.15) is 0 Å². The Morgan fingerprint density at radius 3 is 3.10 bits per heavy atom. The van der Waals surface area contributed by atoms with E-state index in [9.17, 15) is 4.79 Å². The maximum atomic E-state index is 12.7. The molecule has 2 aromatic heterocycles. The molecule has 3 rings (SSSR count). The van der Waals surface area contributed by atoms with Gasteiger partial charge >= 0.3 is 0 Å². The molecule has 1 amide bonds. The Hall–Kier alpha value is -2.24. The first-order valence-electron chi connectivity index (χ1n) is 7.38. The van der Waals surface area contributed by atoms with Crippen molar-refractivity contribution in [2.75, 3.05) is 6.54 Å². The van der Waals surface area contributed by atoms with Gasteiger partial charge in [0.25, 0.3) is 5.91 Å². The number of carbonyl (C=O) groups is 1. The molecule has 110 valence electrons. The van der Waals surface area contributed by atoms with Crippen molar-refractivity contribution < 1.29 is 4.79 Å². The molecule has 6 nitrogen and oxygen atoms in total. The summed E-state index contributed by atoms with van der Waals surface area (Å²) in [5.41, 5.74) is 1.68. The van der Waals surface area contributed by atoms with Crippen molar-refractivity contribution in [3.8, 4) is 0 Å². The van der Waals surface area contributed by atoms with Crippen LogP contribution in [0, 0.1) is 0 Å². The Balaban J connectivity index is 1.76. The molecule has 2 aromatic rings. The van der Waals surface area contributed by atoms with Crippen LogP contribution in [0.4, 0.5) is 0 Å². The van der Waals surface area contributed by atoms with E-state index in [2.05, 4.69) is 22.2 Å². The van der Waals surface area contributed by atoms with Crippen LogP contribution in [-0.4, -0.2) is 43.4 Å². The Kier molecular flexibility index (Phi) is 3.94. The number of pyridine rings is 1. The predicted molar refractivity (Wildman–Crippen MR) is 77.7 cm³/mol. The summed E-state index contributed by atoms with van der Waals surface area (Å²) in [6.45, 7) is 3.56. The van der Waals surface area contributed by atoms with E-state index in [1.165, 1.54) is 0 Å². The number of aryl methyl sites for hydroxylation is 1. The van der Waals surface area contributed by atoms with E-state index in [1.54, 1.807) is 17.1 Å². The summed E-state index contributed by atoms with van der Waals surface area (Å²) in [6, 6.07) is 4.02. The van der Waals surface area contributed by atoms with Gasteiger partial charge in [-0.05, 0) is 37.0 Å². The van der Waals surface area contributed by atoms with Gasteiger partial charge in [-0.1, -0.05) is 12.1 Å². The first kappa shape index (κ1) is 13.7. The zero-order valence-corrected chi connectivity index (χ0v) is 12.1. The average Bonchev–Trinajstić information content (AvgIpc) is 3.19. The molecule has 0 unspecified atom stereocenters. The number of likely N-dealkylation sites (tertiary alicyclic amines) is 1. The highest BCUT2D eigenvalue weighted by Gasteiger charge is 2.30. The number of amides is 1. The van der Waals surface area contributed by atoms with Crippen molar-refractivity contribution in [3.63, 3.8) is 0 Å². The van der Waals surface area contributed by atoms with Crippen molar-refractivity contribution in [2.24, 2.45) is 0 Å². The van der Waals surface area contributed by atoms with E-state index in [4.69, 9.17) is 0 Å². The largest absolute Gasteiger partial charge is 0.332 e. The van der Waals surface area contributed by atoms with Gasteiger partial charge < -0.3 is 4.90 Å². The third kappa shape index (κ3) is 2.94. The zero-order chi connectivity index (χ0) is 14.7. The fraction of sp³-hybridized carbons (Fsp3) is 0.467. The van der Waals surface area contributed by atoms with Crippen LogP contribution in [0.3, 0.4) is 0 Å². The van der Waals surface area contributed by atoms with Gasteiger partial charge in [0.2, 0.25) is 0 Å². The molecule has 21 heavy (non-hydrogen) atoms. The molecule has 0 spiro atoms. The maximum absolute atomic E-state index is 12.7. The summed E-state index contributed by atoms with van der Waals surface area (Å²) in [6.07, 6.45) is 8.14. The summed E-state index contributed by atoms with van der Waals surface area (Å²) in [5, 5.41) is 7.80. The van der Waals surface area contributed by atoms with Crippen molar-refractivity contribution in [1.82, 2.24) is 24.9 Å². The van der Waals surface area contributed by atoms with Crippen LogP contribution in [0.25, 0.3) is 0 Å². The minimum atomic E-state index is 0.0212. The molecule has 1 atom stereocenters. The molecule has 0 aromatic carbocycles. The molecular weight excluding hydrogens is 266 g/mol. The van der Waals surface area contributed by atoms with Crippen LogP contribution in [0.1, 0.15) is 35.8 Å². The van der Waals surface area contributed by atoms with Crippen LogP contribution in [-0.2, 0) is 13.0 Å². The van der Waals surface area contributed by atoms with E-state index in [-0.39, 0.29) is 11.9 Å². The van der Waals surface area contributed by atoms with Crippen LogP contribution in [0.5, 0.6) is 0 Å². The standard InChI is InChI=1S/C15H19N5O/c1-2-12-5-6-16-14(10-12)15(21)20-8-3-4-13(20)11-19-9-7-17-18-19/h5-7,9-10,13H,2-4,8,11H2,1H3/t13-/m0/s1. The van der Waals surface area contributed by atoms with E-state index in [1.807, 2.05) is 23.2 Å². The molecule has 0 bridgehead atoms. The Bertz CT molecular complexity index is 610. The number of carbonyl (C=O) groups excluding carboxylic acids is 1. The van der Waals surface area contributed by atoms with Gasteiger partial charge in [-0.3, -0.25) is 14.5 Å². The minimum Gasteiger partial charge on any atom is -0.332 e. The van der Waals surface area contributed by atoms with Crippen molar-refractivity contribution in [1.29, 1.82) is 0 Å². The number of rotatable bonds is 4. The van der Waals surface area contributed by atoms with E-state index in [0.717, 1.165) is 31.4 Å². The highest BCUT2D eigenvalue weighted by molar-refractivity contribution is 5.92. The van der Waals surface area contributed by atoms with Crippen LogP contribution >= 0.6 is 0 Å². The number of hydrogen-bond donors (Lipinski definition) is 0. The molecule has 6 heteroatoms. The summed E-state index contributed by atoms with van der Waals surface area (Å²) < 4.78 is 1.78. The Morgan fingerprint density at radius 2 is 2.33 bits per heavy atom. The minimum absolute atomic E-state index is 0.0212. The summed E-state index contributed by atoms with van der Waals surface area (Å²) >= 11 is 0. The summed E-state index contributed by atoms with van der Waals surface area (Å²) in [7, 11) is 0. The normalized spacial score (nSPS) is 18.1. The number of nitrogens with zero attached hydrogens (tertiary/aromatic N) is 5. The lowest BCUT2D eigenvalue weighted by Crippen LogP contribution is -2.38. The fourth-order valence-corrected chi connectivity index (χ4v) is 2.80. The highest BCUT2D eigenvalue weighted by atomic mass is 16.2. The molecule has 0 N–H and O–H groups in total. The zero-order valence-electron chi connectivity index (χ0n) is 12.1. The SMILES string of the molecule is CCc1ccnc(C(=O)N2CCC[C@H]2Cn2ccnn2)c1. The van der Waals surface area contributed by atoms with Gasteiger partial charge in [0.05, 0.1) is 18.8 Å². The summed E-state index contributed by atoms with van der Waals surface area (Å²) in [4.78, 5) is 18.8. The first-order chi connectivity index (χ1) is 10.3. The molecule has 0 saturated carbocycles. The molecule has 1 aliphatic rings. The van der Waals surface area contributed by atoms with Gasteiger partial charge in [0.1, 0.15) is 5.69 Å². The highest BCUT2D eigenvalue weighted by Crippen LogP contribution is 2.21. The molecule has 1 fully saturated rings. The van der Waals surface area contributed by atoms with Crippen molar-refractivity contribution in [2.45, 2.75) is 38.8 Å². The average molecular weight is 285 g/mol. The third-order valence-corrected chi connectivity index (χ3v) is 3.96. The van der Waals surface area contributed by atoms with E-state index in [0.29, 0.717) is 12.2 Å². The second-order valence-corrected chi connectivity index (χ2v) is 5.32. The Labute approximate surface area is 123 Å². The van der Waals surface area contributed by atoms with Gasteiger partial charge in [-0.25, -0.2) is 0 Å². The van der Waals surface area contributed by atoms with Crippen LogP contribution in [0.2, 0.25) is 0 Å². The number of aromatic nitrogens is 4. The second-order valence-electron chi connectivity index (χ2n) is 5.32. The van der Waals surface area contributed by atoms with Crippen LogP contribution < -0.4 is 0 Å². The first-order valence-corrected chi connectivity index (χ1v) is 7.38. The molecule has 0 aliphatic carbocycles. The molecule has 3 heterocycles. The van der Waals surface area contributed by atoms with E-state index >= 15 is 0 Å². The van der Waals surface area contributed by atoms with Crippen molar-refractivity contribution >= 4 is 5.91 Å². The lowest BCUT2D eigenvalue weighted by atomic mass is 10.1. The van der Waals surface area contributed by atoms with Crippen molar-refractivity contribution in [3.05, 3.63) is 42.0 Å². The van der Waals surface area contributed by atoms with Gasteiger partial charge in [0, 0.05) is 18.9 Å². The number of hydrogen-bond acceptors (Lipinski definition) is 4. The molecule has 0 radical (unpaired) electrons. The third-order valence-electron chi connectivity index (χ3n) is 3.96. The van der Waals surface area contributed by atoms with Gasteiger partial charge in [-0.15, -0.1) is 5.10 Å². The molecular formula is C15H19N5O. The van der Waals surface area contributed by atoms with Crippen LogP contribution in [0.15, 0.2) is 30.7 Å². The fourth-order valence-electron chi connectivity index (χ4n) is 2.80. The van der Waals surface area contributed by atoms with Gasteiger partial charge in [0.15, 0.2) is 0 Å². The molecule has 1 aliphatic heterocycles. The lowest BCUT2D eigenvalue weighted by molar-refractivity contribution is 0.0715. The topological polar surface area (TPSA) is 63.9 Å². The second kappa shape index (κ2) is 6.03. The predicted octanol–water partition coefficient (Wildman–Crippen LogP) is 1.54. The van der Waals surface area contributed by atoms with E-state index < -0.39 is 0 Å². The lowest BCUT2D eigenvalue weighted by Gasteiger charge is -2.24. The molecule has 1 saturated heterocycles. The summed E-state index contributed by atoms with van der Waals surface area (Å²) in [5.74, 6) is 0.0212.